The van der Waals surface area contributed by atoms with Crippen molar-refractivity contribution in [3.05, 3.63) is 42.0 Å². The fraction of sp³-hybridized carbons (Fsp3) is 0.250. The summed E-state index contributed by atoms with van der Waals surface area (Å²) in [7, 11) is 4.73. The van der Waals surface area contributed by atoms with Gasteiger partial charge in [0.15, 0.2) is 23.4 Å². The second-order valence-electron chi connectivity index (χ2n) is 6.10. The van der Waals surface area contributed by atoms with Crippen LogP contribution in [0, 0.1) is 0 Å². The van der Waals surface area contributed by atoms with Crippen LogP contribution in [-0.4, -0.2) is 42.8 Å². The van der Waals surface area contributed by atoms with Gasteiger partial charge in [-0.15, -0.1) is 10.2 Å². The normalized spacial score (nSPS) is 14.6. The van der Waals surface area contributed by atoms with Gasteiger partial charge in [0.2, 0.25) is 16.8 Å². The Labute approximate surface area is 172 Å². The zero-order chi connectivity index (χ0) is 20.4. The minimum atomic E-state index is -0.558. The van der Waals surface area contributed by atoms with Gasteiger partial charge in [-0.3, -0.25) is 0 Å². The summed E-state index contributed by atoms with van der Waals surface area (Å²) in [6.07, 6.45) is 1.33. The van der Waals surface area contributed by atoms with Crippen molar-refractivity contribution in [2.75, 3.05) is 32.9 Å². The van der Waals surface area contributed by atoms with E-state index in [4.69, 9.17) is 18.9 Å². The summed E-state index contributed by atoms with van der Waals surface area (Å²) in [4.78, 5) is 4.53. The zero-order valence-corrected chi connectivity index (χ0v) is 17.2. The van der Waals surface area contributed by atoms with Gasteiger partial charge in [0.05, 0.1) is 21.3 Å². The third-order valence-corrected chi connectivity index (χ3v) is 5.04. The molecule has 1 aliphatic rings. The lowest BCUT2D eigenvalue weighted by Crippen LogP contribution is -2.17. The van der Waals surface area contributed by atoms with E-state index in [0.29, 0.717) is 34.0 Å². The number of fused-ring (bicyclic) bond motifs is 3. The van der Waals surface area contributed by atoms with Crippen molar-refractivity contribution in [1.82, 2.24) is 15.2 Å². The second-order valence-corrected chi connectivity index (χ2v) is 6.87. The zero-order valence-electron chi connectivity index (χ0n) is 16.4. The van der Waals surface area contributed by atoms with Crippen LogP contribution in [0.4, 0.5) is 5.69 Å². The number of ether oxygens (including phenoxy) is 4. The van der Waals surface area contributed by atoms with Crippen LogP contribution in [-0.2, 0) is 0 Å². The number of nitrogens with zero attached hydrogens (tertiary/aromatic N) is 3. The van der Waals surface area contributed by atoms with Crippen LogP contribution in [0.5, 0.6) is 23.1 Å². The first-order valence-corrected chi connectivity index (χ1v) is 10.0. The van der Waals surface area contributed by atoms with E-state index in [2.05, 4.69) is 20.5 Å². The van der Waals surface area contributed by atoms with Gasteiger partial charge in [0, 0.05) is 16.8 Å². The van der Waals surface area contributed by atoms with Crippen molar-refractivity contribution in [3.8, 4) is 34.4 Å². The molecule has 0 fully saturated rings. The Balaban J connectivity index is 1.86. The lowest BCUT2D eigenvalue weighted by molar-refractivity contribution is 0.223. The van der Waals surface area contributed by atoms with Crippen LogP contribution in [0.2, 0.25) is 0 Å². The predicted molar refractivity (Wildman–Crippen MR) is 110 cm³/mol. The molecule has 1 atom stereocenters. The minimum absolute atomic E-state index is 0.403. The topological polar surface area (TPSA) is 87.6 Å². The maximum atomic E-state index is 6.25. The Morgan fingerprint density at radius 1 is 1.00 bits per heavy atom. The highest BCUT2D eigenvalue weighted by molar-refractivity contribution is 7.98. The number of rotatable bonds is 5. The third-order valence-electron chi connectivity index (χ3n) is 4.51. The molecule has 8 nitrogen and oxygen atoms in total. The van der Waals surface area contributed by atoms with Gasteiger partial charge >= 0.3 is 0 Å². The highest BCUT2D eigenvalue weighted by atomic mass is 32.2. The predicted octanol–water partition coefficient (Wildman–Crippen LogP) is 3.79. The summed E-state index contributed by atoms with van der Waals surface area (Å²) in [6, 6.07) is 11.5. The minimum Gasteiger partial charge on any atom is -0.493 e. The Hall–Kier alpha value is -3.20. The molecule has 2 heterocycles. The van der Waals surface area contributed by atoms with Crippen LogP contribution in [0.15, 0.2) is 41.6 Å². The van der Waals surface area contributed by atoms with Gasteiger partial charge in [-0.2, -0.15) is 4.98 Å². The fourth-order valence-corrected chi connectivity index (χ4v) is 3.43. The number of aromatic nitrogens is 3. The number of anilines is 1. The Morgan fingerprint density at radius 2 is 1.72 bits per heavy atom. The first-order chi connectivity index (χ1) is 14.2. The van der Waals surface area contributed by atoms with Crippen molar-refractivity contribution in [3.63, 3.8) is 0 Å². The molecule has 0 radical (unpaired) electrons. The summed E-state index contributed by atoms with van der Waals surface area (Å²) in [5.41, 5.74) is 3.09. The summed E-state index contributed by atoms with van der Waals surface area (Å²) in [6.45, 7) is 0. The standard InChI is InChI=1S/C20H20N4O4S/c1-25-14-9-11(10-15(26-2)17(14)27-3)18-21-13-8-6-5-7-12(13)16-19(28-18)22-20(29-4)24-23-16/h5-10,18,21H,1-4H3/t18-/m1/s1. The lowest BCUT2D eigenvalue weighted by atomic mass is 10.1. The molecule has 2 aromatic carbocycles. The van der Waals surface area contributed by atoms with Crippen LogP contribution >= 0.6 is 11.8 Å². The fourth-order valence-electron chi connectivity index (χ4n) is 3.14. The molecule has 0 aliphatic carbocycles. The number of para-hydroxylation sites is 1. The largest absolute Gasteiger partial charge is 0.493 e. The maximum Gasteiger partial charge on any atom is 0.247 e. The van der Waals surface area contributed by atoms with E-state index in [0.717, 1.165) is 16.8 Å². The molecule has 1 N–H and O–H groups in total. The molecule has 0 saturated carbocycles. The van der Waals surface area contributed by atoms with Crippen molar-refractivity contribution < 1.29 is 18.9 Å². The number of thioether (sulfide) groups is 1. The molecule has 0 amide bonds. The van der Waals surface area contributed by atoms with E-state index in [1.54, 1.807) is 21.3 Å². The molecule has 4 rings (SSSR count). The highest BCUT2D eigenvalue weighted by Gasteiger charge is 2.27. The summed E-state index contributed by atoms with van der Waals surface area (Å²) >= 11 is 1.40. The number of methoxy groups -OCH3 is 3. The van der Waals surface area contributed by atoms with Gasteiger partial charge in [-0.25, -0.2) is 0 Å². The smallest absolute Gasteiger partial charge is 0.247 e. The quantitative estimate of drug-likeness (QED) is 0.629. The molecule has 3 aromatic rings. The average Bonchev–Trinajstić information content (AvgIpc) is 2.94. The van der Waals surface area contributed by atoms with E-state index >= 15 is 0 Å². The van der Waals surface area contributed by atoms with Crippen LogP contribution in [0.1, 0.15) is 11.8 Å². The molecular weight excluding hydrogens is 392 g/mol. The maximum absolute atomic E-state index is 6.25. The highest BCUT2D eigenvalue weighted by Crippen LogP contribution is 2.43. The summed E-state index contributed by atoms with van der Waals surface area (Å²) < 4.78 is 22.6. The van der Waals surface area contributed by atoms with Crippen molar-refractivity contribution in [2.45, 2.75) is 11.4 Å². The molecule has 29 heavy (non-hydrogen) atoms. The summed E-state index contributed by atoms with van der Waals surface area (Å²) in [5.74, 6) is 1.99. The van der Waals surface area contributed by atoms with Crippen LogP contribution in [0.3, 0.4) is 0 Å². The van der Waals surface area contributed by atoms with Crippen LogP contribution < -0.4 is 24.3 Å². The van der Waals surface area contributed by atoms with E-state index in [9.17, 15) is 0 Å². The molecule has 1 aliphatic heterocycles. The van der Waals surface area contributed by atoms with Gasteiger partial charge in [-0.05, 0) is 24.5 Å². The molecule has 9 heteroatoms. The number of hydrogen-bond donors (Lipinski definition) is 1. The van der Waals surface area contributed by atoms with E-state index in [-0.39, 0.29) is 0 Å². The Morgan fingerprint density at radius 3 is 2.38 bits per heavy atom. The molecule has 0 bridgehead atoms. The van der Waals surface area contributed by atoms with Crippen molar-refractivity contribution >= 4 is 17.4 Å². The van der Waals surface area contributed by atoms with Crippen LogP contribution in [0.25, 0.3) is 11.3 Å². The van der Waals surface area contributed by atoms with Gasteiger partial charge < -0.3 is 24.3 Å². The van der Waals surface area contributed by atoms with E-state index in [1.807, 2.05) is 42.7 Å². The average molecular weight is 412 g/mol. The SMILES string of the molecule is COc1cc([C@@H]2Nc3ccccc3-c3nnc(SC)nc3O2)cc(OC)c1OC. The monoisotopic (exact) mass is 412 g/mol. The number of nitrogens with one attached hydrogen (secondary N) is 1. The molecular formula is C20H20N4O4S. The molecule has 1 aromatic heterocycles. The van der Waals surface area contributed by atoms with Gasteiger partial charge in [0.25, 0.3) is 0 Å². The molecule has 0 spiro atoms. The summed E-state index contributed by atoms with van der Waals surface area (Å²) in [5, 5.41) is 12.5. The van der Waals surface area contributed by atoms with Crippen molar-refractivity contribution in [1.29, 1.82) is 0 Å². The van der Waals surface area contributed by atoms with E-state index in [1.165, 1.54) is 11.8 Å². The first-order valence-electron chi connectivity index (χ1n) is 8.79. The first kappa shape index (κ1) is 19.1. The van der Waals surface area contributed by atoms with Gasteiger partial charge in [-0.1, -0.05) is 30.0 Å². The Kier molecular flexibility index (Phi) is 5.30. The van der Waals surface area contributed by atoms with E-state index < -0.39 is 6.23 Å². The number of benzene rings is 2. The lowest BCUT2D eigenvalue weighted by Gasteiger charge is -2.21. The van der Waals surface area contributed by atoms with Crippen molar-refractivity contribution in [2.24, 2.45) is 0 Å². The Bertz CT molecular complexity index is 1020. The molecule has 0 saturated heterocycles. The van der Waals surface area contributed by atoms with Gasteiger partial charge in [0.1, 0.15) is 0 Å². The number of hydrogen-bond acceptors (Lipinski definition) is 9. The molecule has 150 valence electrons. The third kappa shape index (κ3) is 3.49. The molecule has 0 unspecified atom stereocenters. The second kappa shape index (κ2) is 8.04.